The Morgan fingerprint density at radius 2 is 1.49 bits per heavy atom. The number of ether oxygens (including phenoxy) is 1. The summed E-state index contributed by atoms with van der Waals surface area (Å²) in [4.78, 5) is 63.1. The van der Waals surface area contributed by atoms with Gasteiger partial charge in [-0.1, -0.05) is 30.3 Å². The molecular weight excluding hydrogens is 500 g/mol. The third-order valence-corrected chi connectivity index (χ3v) is 8.34. The second-order valence-corrected chi connectivity index (χ2v) is 10.3. The summed E-state index contributed by atoms with van der Waals surface area (Å²) in [6.07, 6.45) is 1.80. The summed E-state index contributed by atoms with van der Waals surface area (Å²) in [7, 11) is 0. The summed E-state index contributed by atoms with van der Waals surface area (Å²) in [5.74, 6) is -1.60. The Morgan fingerprint density at radius 1 is 0.846 bits per heavy atom. The molecule has 9 nitrogen and oxygen atoms in total. The Kier molecular flexibility index (Phi) is 6.06. The standard InChI is InChI=1S/C30H24N2O7/c33-25(18-6-12-22(13-7-18)32(37)38)16-39-30(36)19-8-10-21(11-9-19)31-28(34)26-20-14-23(17-4-2-1-3-5-17)24(15-20)27(26)29(31)35/h1-13,20,23-24,26-27H,14-16H2/t20-,23+,24+,26+,27+/m0/s1. The summed E-state index contributed by atoms with van der Waals surface area (Å²) in [5.41, 5.74) is 1.83. The number of ketones is 1. The molecule has 2 saturated carbocycles. The van der Waals surface area contributed by atoms with E-state index in [1.54, 1.807) is 12.1 Å². The van der Waals surface area contributed by atoms with Crippen LogP contribution in [0.15, 0.2) is 78.9 Å². The fourth-order valence-electron chi connectivity index (χ4n) is 6.61. The molecule has 0 spiro atoms. The van der Waals surface area contributed by atoms with E-state index in [-0.39, 0.29) is 58.2 Å². The number of hydrogen-bond acceptors (Lipinski definition) is 7. The summed E-state index contributed by atoms with van der Waals surface area (Å²) in [6, 6.07) is 21.2. The van der Waals surface area contributed by atoms with Crippen LogP contribution in [0.3, 0.4) is 0 Å². The van der Waals surface area contributed by atoms with Gasteiger partial charge in [-0.3, -0.25) is 29.4 Å². The van der Waals surface area contributed by atoms with Gasteiger partial charge in [-0.2, -0.15) is 0 Å². The molecule has 0 radical (unpaired) electrons. The number of nitrogens with zero attached hydrogens (tertiary/aromatic N) is 2. The van der Waals surface area contributed by atoms with E-state index in [1.165, 1.54) is 46.9 Å². The molecule has 3 fully saturated rings. The Hall–Kier alpha value is -4.66. The molecule has 6 rings (SSSR count). The number of rotatable bonds is 7. The molecule has 3 aromatic rings. The van der Waals surface area contributed by atoms with E-state index in [2.05, 4.69) is 12.1 Å². The number of Topliss-reactive ketones (excluding diaryl/α,β-unsaturated/α-hetero) is 1. The van der Waals surface area contributed by atoms with Gasteiger partial charge in [0.1, 0.15) is 0 Å². The highest BCUT2D eigenvalue weighted by Gasteiger charge is 2.64. The van der Waals surface area contributed by atoms with Crippen molar-refractivity contribution < 1.29 is 28.8 Å². The number of amides is 2. The fraction of sp³-hybridized carbons (Fsp3) is 0.267. The number of nitro benzene ring substituents is 1. The minimum absolute atomic E-state index is 0.145. The first-order valence-electron chi connectivity index (χ1n) is 12.8. The second kappa shape index (κ2) is 9.58. The molecule has 0 unspecified atom stereocenters. The number of benzene rings is 3. The Morgan fingerprint density at radius 3 is 2.15 bits per heavy atom. The van der Waals surface area contributed by atoms with Crippen LogP contribution in [0.1, 0.15) is 45.0 Å². The van der Waals surface area contributed by atoms with Crippen molar-refractivity contribution in [3.63, 3.8) is 0 Å². The van der Waals surface area contributed by atoms with Crippen LogP contribution in [0.25, 0.3) is 0 Å². The van der Waals surface area contributed by atoms with E-state index in [0.29, 0.717) is 5.69 Å². The van der Waals surface area contributed by atoms with Crippen LogP contribution >= 0.6 is 0 Å². The third-order valence-electron chi connectivity index (χ3n) is 8.34. The first kappa shape index (κ1) is 24.7. The van der Waals surface area contributed by atoms with E-state index >= 15 is 0 Å². The summed E-state index contributed by atoms with van der Waals surface area (Å²) in [6.45, 7) is -0.532. The summed E-state index contributed by atoms with van der Waals surface area (Å²) >= 11 is 0. The molecule has 2 amide bonds. The van der Waals surface area contributed by atoms with Crippen molar-refractivity contribution in [1.29, 1.82) is 0 Å². The molecule has 5 atom stereocenters. The van der Waals surface area contributed by atoms with E-state index < -0.39 is 23.3 Å². The molecule has 3 aromatic carbocycles. The zero-order valence-corrected chi connectivity index (χ0v) is 20.8. The number of fused-ring (bicyclic) bond motifs is 5. The van der Waals surface area contributed by atoms with Crippen molar-refractivity contribution in [2.24, 2.45) is 23.7 Å². The summed E-state index contributed by atoms with van der Waals surface area (Å²) < 4.78 is 5.11. The Bertz CT molecular complexity index is 1480. The number of anilines is 1. The molecule has 0 aromatic heterocycles. The SMILES string of the molecule is O=C(COC(=O)c1ccc(N2C(=O)[C@@H]3[C@@H]4C[C@@H]([C@H]3C2=O)[C@@H](c2ccccc2)C4)cc1)c1ccc([N+](=O)[O-])cc1. The van der Waals surface area contributed by atoms with Crippen LogP contribution < -0.4 is 4.90 Å². The van der Waals surface area contributed by atoms with Gasteiger partial charge in [0.25, 0.3) is 5.69 Å². The van der Waals surface area contributed by atoms with Crippen LogP contribution in [0, 0.1) is 33.8 Å². The van der Waals surface area contributed by atoms with Gasteiger partial charge in [-0.05, 0) is 72.6 Å². The summed E-state index contributed by atoms with van der Waals surface area (Å²) in [5, 5.41) is 10.8. The molecule has 196 valence electrons. The van der Waals surface area contributed by atoms with Crippen LogP contribution in [0.2, 0.25) is 0 Å². The van der Waals surface area contributed by atoms with Crippen molar-refractivity contribution in [2.45, 2.75) is 18.8 Å². The Labute approximate surface area is 223 Å². The smallest absolute Gasteiger partial charge is 0.338 e. The number of carbonyl (C=O) groups excluding carboxylic acids is 4. The number of non-ortho nitro benzene ring substituents is 1. The molecule has 39 heavy (non-hydrogen) atoms. The van der Waals surface area contributed by atoms with Crippen molar-refractivity contribution in [3.05, 3.63) is 106 Å². The molecule has 1 aliphatic heterocycles. The molecule has 2 aliphatic carbocycles. The zero-order chi connectivity index (χ0) is 27.3. The highest BCUT2D eigenvalue weighted by molar-refractivity contribution is 6.22. The van der Waals surface area contributed by atoms with Crippen LogP contribution in [-0.4, -0.2) is 35.1 Å². The molecule has 2 bridgehead atoms. The topological polar surface area (TPSA) is 124 Å². The van der Waals surface area contributed by atoms with Gasteiger partial charge in [0.05, 0.1) is 28.0 Å². The first-order chi connectivity index (χ1) is 18.8. The molecule has 1 saturated heterocycles. The van der Waals surface area contributed by atoms with Crippen molar-refractivity contribution in [1.82, 2.24) is 0 Å². The molecule has 1 heterocycles. The average molecular weight is 525 g/mol. The van der Waals surface area contributed by atoms with Gasteiger partial charge in [0.15, 0.2) is 12.4 Å². The normalized spacial score (nSPS) is 25.0. The maximum atomic E-state index is 13.5. The maximum absolute atomic E-state index is 13.5. The van der Waals surface area contributed by atoms with Crippen LogP contribution in [0.4, 0.5) is 11.4 Å². The quantitative estimate of drug-likeness (QED) is 0.146. The largest absolute Gasteiger partial charge is 0.454 e. The van der Waals surface area contributed by atoms with Gasteiger partial charge in [-0.15, -0.1) is 0 Å². The highest BCUT2D eigenvalue weighted by Crippen LogP contribution is 2.61. The minimum Gasteiger partial charge on any atom is -0.454 e. The number of hydrogen-bond donors (Lipinski definition) is 0. The second-order valence-electron chi connectivity index (χ2n) is 10.3. The average Bonchev–Trinajstić information content (AvgIpc) is 3.63. The highest BCUT2D eigenvalue weighted by atomic mass is 16.6. The monoisotopic (exact) mass is 524 g/mol. The molecular formula is C30H24N2O7. The number of carbonyl (C=O) groups is 4. The molecule has 3 aliphatic rings. The van der Waals surface area contributed by atoms with Gasteiger partial charge >= 0.3 is 5.97 Å². The lowest BCUT2D eigenvalue weighted by Crippen LogP contribution is -2.33. The predicted octanol–water partition coefficient (Wildman–Crippen LogP) is 4.56. The predicted molar refractivity (Wildman–Crippen MR) is 139 cm³/mol. The lowest BCUT2D eigenvalue weighted by Gasteiger charge is -2.28. The van der Waals surface area contributed by atoms with E-state index in [9.17, 15) is 29.3 Å². The van der Waals surface area contributed by atoms with Crippen LogP contribution in [0.5, 0.6) is 0 Å². The van der Waals surface area contributed by atoms with Gasteiger partial charge in [0.2, 0.25) is 11.8 Å². The first-order valence-corrected chi connectivity index (χ1v) is 12.8. The van der Waals surface area contributed by atoms with Crippen LogP contribution in [-0.2, 0) is 14.3 Å². The lowest BCUT2D eigenvalue weighted by molar-refractivity contribution is -0.384. The third kappa shape index (κ3) is 4.20. The fourth-order valence-corrected chi connectivity index (χ4v) is 6.61. The molecule has 0 N–H and O–H groups in total. The minimum atomic E-state index is -0.739. The number of nitro groups is 1. The van der Waals surface area contributed by atoms with Crippen molar-refractivity contribution in [2.75, 3.05) is 11.5 Å². The Balaban J connectivity index is 1.11. The molecule has 9 heteroatoms. The van der Waals surface area contributed by atoms with Gasteiger partial charge in [0, 0.05) is 17.7 Å². The zero-order valence-electron chi connectivity index (χ0n) is 20.8. The lowest BCUT2D eigenvalue weighted by atomic mass is 9.73. The van der Waals surface area contributed by atoms with Crippen molar-refractivity contribution >= 4 is 34.9 Å². The van der Waals surface area contributed by atoms with Gasteiger partial charge < -0.3 is 4.74 Å². The maximum Gasteiger partial charge on any atom is 0.338 e. The number of esters is 1. The van der Waals surface area contributed by atoms with Crippen molar-refractivity contribution in [3.8, 4) is 0 Å². The van der Waals surface area contributed by atoms with E-state index in [4.69, 9.17) is 4.74 Å². The van der Waals surface area contributed by atoms with Gasteiger partial charge in [-0.25, -0.2) is 4.79 Å². The van der Waals surface area contributed by atoms with E-state index in [0.717, 1.165) is 12.8 Å². The van der Waals surface area contributed by atoms with E-state index in [1.807, 2.05) is 18.2 Å². The number of imide groups is 1.